The first-order valence-corrected chi connectivity index (χ1v) is 7.94. The van der Waals surface area contributed by atoms with Crippen LogP contribution in [0.4, 0.5) is 18.9 Å². The van der Waals surface area contributed by atoms with Crippen LogP contribution in [0.3, 0.4) is 0 Å². The van der Waals surface area contributed by atoms with Crippen molar-refractivity contribution in [3.05, 3.63) is 71.3 Å². The predicted molar refractivity (Wildman–Crippen MR) is 95.8 cm³/mol. The first-order valence-electron chi connectivity index (χ1n) is 7.94. The van der Waals surface area contributed by atoms with Crippen molar-refractivity contribution in [2.24, 2.45) is 7.05 Å². The number of aromatic nitrogens is 2. The minimum atomic E-state index is -3.08. The maximum atomic E-state index is 14.1. The number of hydrogen-bond acceptors (Lipinski definition) is 3. The minimum Gasteiger partial charge on any atom is -0.321 e. The van der Waals surface area contributed by atoms with Crippen molar-refractivity contribution < 1.29 is 18.0 Å². The van der Waals surface area contributed by atoms with Crippen LogP contribution in [0.1, 0.15) is 28.0 Å². The number of amides is 1. The Balaban J connectivity index is 1.97. The van der Waals surface area contributed by atoms with Crippen LogP contribution in [0, 0.1) is 11.4 Å². The number of anilines is 1. The molecule has 138 valence electrons. The second kappa shape index (κ2) is 7.45. The van der Waals surface area contributed by atoms with Crippen molar-refractivity contribution in [2.45, 2.75) is 6.43 Å². The predicted octanol–water partition coefficient (Wildman–Crippen LogP) is 4.41. The summed E-state index contributed by atoms with van der Waals surface area (Å²) >= 11 is 0. The first-order chi connectivity index (χ1) is 12.9. The summed E-state index contributed by atoms with van der Waals surface area (Å²) in [5, 5.41) is 13.1. The number of para-hydroxylation sites is 1. The molecule has 2 aromatic carbocycles. The highest BCUT2D eigenvalue weighted by atomic mass is 19.3. The van der Waals surface area contributed by atoms with Gasteiger partial charge in [-0.15, -0.1) is 0 Å². The number of nitrogens with zero attached hydrogens (tertiary/aromatic N) is 2. The molecule has 0 atom stereocenters. The lowest BCUT2D eigenvalue weighted by Gasteiger charge is -2.11. The number of benzene rings is 2. The summed E-state index contributed by atoms with van der Waals surface area (Å²) in [6, 6.07) is 13.7. The van der Waals surface area contributed by atoms with Crippen molar-refractivity contribution in [2.75, 3.05) is 5.32 Å². The molecule has 0 spiro atoms. The van der Waals surface area contributed by atoms with Gasteiger partial charge in [-0.05, 0) is 17.2 Å². The molecule has 0 radical (unpaired) electrons. The zero-order valence-electron chi connectivity index (χ0n) is 14.2. The van der Waals surface area contributed by atoms with Crippen LogP contribution in [-0.2, 0) is 7.05 Å². The molecule has 5 nitrogen and oxygen atoms in total. The van der Waals surface area contributed by atoms with Gasteiger partial charge in [-0.25, -0.2) is 13.5 Å². The number of rotatable bonds is 5. The number of carbonyl (C=O) groups is 1. The van der Waals surface area contributed by atoms with E-state index in [1.165, 1.54) is 6.21 Å². The van der Waals surface area contributed by atoms with Crippen LogP contribution in [-0.4, -0.2) is 21.9 Å². The molecule has 3 rings (SSSR count). The van der Waals surface area contributed by atoms with Crippen molar-refractivity contribution in [1.29, 1.82) is 5.41 Å². The molecule has 1 heterocycles. The average molecular weight is 372 g/mol. The van der Waals surface area contributed by atoms with Gasteiger partial charge in [0.1, 0.15) is 11.3 Å². The second-order valence-electron chi connectivity index (χ2n) is 5.74. The molecule has 0 aliphatic heterocycles. The highest BCUT2D eigenvalue weighted by Crippen LogP contribution is 2.30. The summed E-state index contributed by atoms with van der Waals surface area (Å²) in [4.78, 5) is 12.5. The molecule has 0 bridgehead atoms. The summed E-state index contributed by atoms with van der Waals surface area (Å²) in [7, 11) is 1.15. The van der Waals surface area contributed by atoms with E-state index in [-0.39, 0.29) is 0 Å². The molecule has 3 aromatic rings. The molecular formula is C19H15F3N4O. The van der Waals surface area contributed by atoms with E-state index in [0.717, 1.165) is 12.6 Å². The van der Waals surface area contributed by atoms with Gasteiger partial charge in [0.25, 0.3) is 12.3 Å². The molecule has 27 heavy (non-hydrogen) atoms. The summed E-state index contributed by atoms with van der Waals surface area (Å²) < 4.78 is 40.9. The topological polar surface area (TPSA) is 70.8 Å². The zero-order chi connectivity index (χ0) is 19.6. The Labute approximate surface area is 153 Å². The number of aryl methyl sites for hydroxylation is 1. The van der Waals surface area contributed by atoms with Crippen molar-refractivity contribution in [3.8, 4) is 11.1 Å². The summed E-state index contributed by atoms with van der Waals surface area (Å²) in [5.41, 5.74) is 0.747. The molecule has 0 saturated heterocycles. The smallest absolute Gasteiger partial charge is 0.283 e. The fraction of sp³-hybridized carbons (Fsp3) is 0.105. The Morgan fingerprint density at radius 2 is 1.85 bits per heavy atom. The van der Waals surface area contributed by atoms with E-state index in [0.29, 0.717) is 21.5 Å². The molecule has 0 fully saturated rings. The van der Waals surface area contributed by atoms with E-state index in [1.54, 1.807) is 48.5 Å². The van der Waals surface area contributed by atoms with Crippen LogP contribution in [0.25, 0.3) is 11.1 Å². The molecule has 8 heteroatoms. The third-order valence-electron chi connectivity index (χ3n) is 4.00. The maximum absolute atomic E-state index is 14.1. The Bertz CT molecular complexity index is 997. The van der Waals surface area contributed by atoms with E-state index in [1.807, 2.05) is 0 Å². The summed E-state index contributed by atoms with van der Waals surface area (Å²) in [6.45, 7) is 0. The lowest BCUT2D eigenvalue weighted by atomic mass is 10.0. The lowest BCUT2D eigenvalue weighted by Crippen LogP contribution is -2.16. The van der Waals surface area contributed by atoms with Gasteiger partial charge in [0.15, 0.2) is 0 Å². The largest absolute Gasteiger partial charge is 0.321 e. The zero-order valence-corrected chi connectivity index (χ0v) is 14.2. The molecule has 1 aromatic heterocycles. The van der Waals surface area contributed by atoms with Gasteiger partial charge in [-0.2, -0.15) is 9.49 Å². The van der Waals surface area contributed by atoms with Gasteiger partial charge in [-0.3, -0.25) is 4.79 Å². The molecule has 0 unspecified atom stereocenters. The van der Waals surface area contributed by atoms with Crippen LogP contribution in [0.2, 0.25) is 0 Å². The highest BCUT2D eigenvalue weighted by Gasteiger charge is 2.28. The van der Waals surface area contributed by atoms with E-state index >= 15 is 0 Å². The Hall–Kier alpha value is -3.42. The lowest BCUT2D eigenvalue weighted by molar-refractivity contribution is 0.100. The van der Waals surface area contributed by atoms with Crippen molar-refractivity contribution >= 4 is 17.8 Å². The molecule has 0 saturated carbocycles. The van der Waals surface area contributed by atoms with Gasteiger partial charge < -0.3 is 10.7 Å². The third-order valence-corrected chi connectivity index (χ3v) is 4.00. The number of hydrogen-bond donors (Lipinski definition) is 2. The van der Waals surface area contributed by atoms with E-state index < -0.39 is 29.5 Å². The molecular weight excluding hydrogens is 357 g/mol. The normalized spacial score (nSPS) is 10.9. The van der Waals surface area contributed by atoms with Crippen LogP contribution >= 0.6 is 0 Å². The second-order valence-corrected chi connectivity index (χ2v) is 5.74. The standard InChI is InChI=1S/C19H15F3N4O/c1-26-18(22)15(16(25-26)17(20)21)19(27)24-14-5-3-2-4-13(14)12-8-6-11(10-23)7-9-12/h2-10,17,23H,1H3,(H,24,27). The Kier molecular flexibility index (Phi) is 5.07. The first kappa shape index (κ1) is 18.4. The highest BCUT2D eigenvalue weighted by molar-refractivity contribution is 6.07. The quantitative estimate of drug-likeness (QED) is 0.651. The SMILES string of the molecule is Cn1nc(C(F)F)c(C(=O)Nc2ccccc2-c2ccc(C=N)cc2)c1F. The fourth-order valence-electron chi connectivity index (χ4n) is 2.67. The third kappa shape index (κ3) is 3.59. The van der Waals surface area contributed by atoms with E-state index in [2.05, 4.69) is 10.4 Å². The number of nitrogens with one attached hydrogen (secondary N) is 2. The van der Waals surface area contributed by atoms with Gasteiger partial charge >= 0.3 is 0 Å². The Morgan fingerprint density at radius 1 is 1.19 bits per heavy atom. The summed E-state index contributed by atoms with van der Waals surface area (Å²) in [6.07, 6.45) is -1.88. The molecule has 0 aliphatic carbocycles. The van der Waals surface area contributed by atoms with Crippen LogP contribution in [0.15, 0.2) is 48.5 Å². The average Bonchev–Trinajstić information content (AvgIpc) is 2.97. The van der Waals surface area contributed by atoms with Gasteiger partial charge in [0.05, 0.1) is 0 Å². The van der Waals surface area contributed by atoms with Gasteiger partial charge in [0, 0.05) is 24.5 Å². The van der Waals surface area contributed by atoms with E-state index in [4.69, 9.17) is 5.41 Å². The van der Waals surface area contributed by atoms with Gasteiger partial charge in [0.2, 0.25) is 5.95 Å². The van der Waals surface area contributed by atoms with Crippen molar-refractivity contribution in [3.63, 3.8) is 0 Å². The van der Waals surface area contributed by atoms with Crippen molar-refractivity contribution in [1.82, 2.24) is 9.78 Å². The van der Waals surface area contributed by atoms with Crippen LogP contribution < -0.4 is 5.32 Å². The monoisotopic (exact) mass is 372 g/mol. The summed E-state index contributed by atoms with van der Waals surface area (Å²) in [5.74, 6) is -2.13. The molecule has 2 N–H and O–H groups in total. The number of halogens is 3. The number of carbonyl (C=O) groups excluding carboxylic acids is 1. The van der Waals surface area contributed by atoms with E-state index in [9.17, 15) is 18.0 Å². The molecule has 1 amide bonds. The fourth-order valence-corrected chi connectivity index (χ4v) is 2.67. The minimum absolute atomic E-state index is 0.341. The van der Waals surface area contributed by atoms with Gasteiger partial charge in [-0.1, -0.05) is 42.5 Å². The van der Waals surface area contributed by atoms with Crippen LogP contribution in [0.5, 0.6) is 0 Å². The molecule has 0 aliphatic rings. The maximum Gasteiger partial charge on any atom is 0.283 e. The number of alkyl halides is 2. The Morgan fingerprint density at radius 3 is 2.48 bits per heavy atom.